The third kappa shape index (κ3) is 3.25. The topological polar surface area (TPSA) is 77.0 Å². The van der Waals surface area contributed by atoms with Crippen molar-refractivity contribution in [3.8, 4) is 0 Å². The van der Waals surface area contributed by atoms with Crippen LogP contribution < -0.4 is 5.32 Å². The number of hydrogen-bond donors (Lipinski definition) is 1. The highest BCUT2D eigenvalue weighted by atomic mass is 32.1. The van der Waals surface area contributed by atoms with Gasteiger partial charge in [-0.25, -0.2) is 19.7 Å². The van der Waals surface area contributed by atoms with Crippen molar-refractivity contribution in [3.63, 3.8) is 0 Å². The highest BCUT2D eigenvalue weighted by molar-refractivity contribution is 7.17. The van der Waals surface area contributed by atoms with Gasteiger partial charge >= 0.3 is 5.97 Å². The Bertz CT molecular complexity index is 597. The smallest absolute Gasteiger partial charge is 0.350 e. The van der Waals surface area contributed by atoms with Gasteiger partial charge in [-0.2, -0.15) is 0 Å². The van der Waals surface area contributed by atoms with Gasteiger partial charge in [0.1, 0.15) is 10.7 Å². The Hall–Kier alpha value is -2.02. The van der Waals surface area contributed by atoms with Gasteiger partial charge in [-0.1, -0.05) is 11.3 Å². The Kier molecular flexibility index (Phi) is 4.06. The predicted molar refractivity (Wildman–Crippen MR) is 72.3 cm³/mol. The average molecular weight is 278 g/mol. The van der Waals surface area contributed by atoms with Gasteiger partial charge in [0.25, 0.3) is 0 Å². The molecule has 7 heteroatoms. The molecule has 2 aromatic rings. The third-order valence-corrected chi connectivity index (χ3v) is 3.52. The van der Waals surface area contributed by atoms with E-state index in [1.54, 1.807) is 13.1 Å². The molecule has 0 saturated carbocycles. The number of nitrogens with one attached hydrogen (secondary N) is 1. The summed E-state index contributed by atoms with van der Waals surface area (Å²) in [7, 11) is 1.36. The quantitative estimate of drug-likeness (QED) is 0.861. The van der Waals surface area contributed by atoms with Crippen LogP contribution in [0.25, 0.3) is 0 Å². The lowest BCUT2D eigenvalue weighted by Gasteiger charge is -2.02. The summed E-state index contributed by atoms with van der Waals surface area (Å²) in [6.45, 7) is 4.16. The summed E-state index contributed by atoms with van der Waals surface area (Å²) in [5.74, 6) is 0.366. The number of hydrogen-bond acceptors (Lipinski definition) is 7. The van der Waals surface area contributed by atoms with E-state index < -0.39 is 0 Å². The van der Waals surface area contributed by atoms with Crippen molar-refractivity contribution in [1.29, 1.82) is 0 Å². The average Bonchev–Trinajstić information content (AvgIpc) is 2.77. The largest absolute Gasteiger partial charge is 0.465 e. The van der Waals surface area contributed by atoms with Gasteiger partial charge < -0.3 is 10.1 Å². The van der Waals surface area contributed by atoms with Gasteiger partial charge in [-0.05, 0) is 19.9 Å². The van der Waals surface area contributed by atoms with Crippen molar-refractivity contribution in [3.05, 3.63) is 34.4 Å². The first-order valence-corrected chi connectivity index (χ1v) is 6.50. The zero-order valence-corrected chi connectivity index (χ0v) is 11.7. The molecule has 0 fully saturated rings. The first-order chi connectivity index (χ1) is 9.10. The molecule has 2 rings (SSSR count). The molecule has 1 N–H and O–H groups in total. The highest BCUT2D eigenvalue weighted by Crippen LogP contribution is 2.23. The number of ether oxygens (including phenoxy) is 1. The van der Waals surface area contributed by atoms with Crippen LogP contribution in [0.15, 0.2) is 12.3 Å². The fourth-order valence-corrected chi connectivity index (χ4v) is 2.40. The van der Waals surface area contributed by atoms with E-state index in [1.807, 2.05) is 13.0 Å². The van der Waals surface area contributed by atoms with E-state index in [1.165, 1.54) is 18.4 Å². The molecule has 0 radical (unpaired) electrons. The first kappa shape index (κ1) is 13.4. The summed E-state index contributed by atoms with van der Waals surface area (Å²) in [5.41, 5.74) is 1.54. The summed E-state index contributed by atoms with van der Waals surface area (Å²) in [6.07, 6.45) is 1.71. The van der Waals surface area contributed by atoms with Gasteiger partial charge in [-0.3, -0.25) is 0 Å². The summed E-state index contributed by atoms with van der Waals surface area (Å²) in [6, 6.07) is 1.84. The second kappa shape index (κ2) is 5.75. The van der Waals surface area contributed by atoms with Crippen LogP contribution in [0.3, 0.4) is 0 Å². The molecule has 19 heavy (non-hydrogen) atoms. The zero-order valence-electron chi connectivity index (χ0n) is 10.9. The van der Waals surface area contributed by atoms with Crippen molar-refractivity contribution >= 4 is 22.4 Å². The Morgan fingerprint density at radius 3 is 2.89 bits per heavy atom. The Morgan fingerprint density at radius 1 is 1.42 bits per heavy atom. The molecule has 0 unspecified atom stereocenters. The van der Waals surface area contributed by atoms with Crippen molar-refractivity contribution in [2.45, 2.75) is 20.4 Å². The maximum atomic E-state index is 11.5. The second-order valence-electron chi connectivity index (χ2n) is 3.87. The molecule has 0 spiro atoms. The molecule has 0 atom stereocenters. The number of rotatable bonds is 4. The molecular formula is C12H14N4O2S. The standard InChI is InChI=1S/C12H14N4O2S/c1-7-10(11(17)18-3)19-12(15-7)14-6-9-4-5-13-8(2)16-9/h4-5H,6H2,1-3H3,(H,14,15). The predicted octanol–water partition coefficient (Wildman–Crippen LogP) is 1.95. The molecule has 100 valence electrons. The SMILES string of the molecule is COC(=O)c1sc(NCc2ccnc(C)n2)nc1C. The van der Waals surface area contributed by atoms with Crippen molar-refractivity contribution in [1.82, 2.24) is 15.0 Å². The van der Waals surface area contributed by atoms with Crippen molar-refractivity contribution in [2.24, 2.45) is 0 Å². The Balaban J connectivity index is 2.06. The number of carbonyl (C=O) groups excluding carboxylic acids is 1. The number of aryl methyl sites for hydroxylation is 2. The minimum absolute atomic E-state index is 0.360. The summed E-state index contributed by atoms with van der Waals surface area (Å²) in [4.78, 5) is 24.6. The van der Waals surface area contributed by atoms with Crippen LogP contribution >= 0.6 is 11.3 Å². The van der Waals surface area contributed by atoms with Crippen molar-refractivity contribution < 1.29 is 9.53 Å². The van der Waals surface area contributed by atoms with E-state index in [2.05, 4.69) is 20.3 Å². The second-order valence-corrected chi connectivity index (χ2v) is 4.87. The lowest BCUT2D eigenvalue weighted by molar-refractivity contribution is 0.0605. The molecule has 6 nitrogen and oxygen atoms in total. The Morgan fingerprint density at radius 2 is 2.21 bits per heavy atom. The Labute approximate surface area is 114 Å². The molecule has 0 aliphatic rings. The van der Waals surface area contributed by atoms with E-state index in [9.17, 15) is 4.79 Å². The van der Waals surface area contributed by atoms with Gasteiger partial charge in [0.2, 0.25) is 0 Å². The van der Waals surface area contributed by atoms with Crippen LogP contribution in [-0.4, -0.2) is 28.0 Å². The summed E-state index contributed by atoms with van der Waals surface area (Å²) >= 11 is 1.28. The number of methoxy groups -OCH3 is 1. The molecule has 0 aromatic carbocycles. The maximum absolute atomic E-state index is 11.5. The normalized spacial score (nSPS) is 10.3. The molecular weight excluding hydrogens is 264 g/mol. The van der Waals surface area contributed by atoms with Crippen LogP contribution in [0, 0.1) is 13.8 Å². The van der Waals surface area contributed by atoms with E-state index >= 15 is 0 Å². The number of nitrogens with zero attached hydrogens (tertiary/aromatic N) is 3. The van der Waals surface area contributed by atoms with E-state index in [0.717, 1.165) is 11.5 Å². The van der Waals surface area contributed by atoms with Gasteiger partial charge in [-0.15, -0.1) is 0 Å². The monoisotopic (exact) mass is 278 g/mol. The van der Waals surface area contributed by atoms with E-state index in [0.29, 0.717) is 22.2 Å². The minimum Gasteiger partial charge on any atom is -0.465 e. The molecule has 0 amide bonds. The van der Waals surface area contributed by atoms with Crippen LogP contribution in [-0.2, 0) is 11.3 Å². The number of esters is 1. The van der Waals surface area contributed by atoms with Crippen molar-refractivity contribution in [2.75, 3.05) is 12.4 Å². The highest BCUT2D eigenvalue weighted by Gasteiger charge is 2.15. The third-order valence-electron chi connectivity index (χ3n) is 2.42. The van der Waals surface area contributed by atoms with E-state index in [-0.39, 0.29) is 5.97 Å². The van der Waals surface area contributed by atoms with Crippen LogP contribution in [0.1, 0.15) is 26.9 Å². The number of carbonyl (C=O) groups is 1. The van der Waals surface area contributed by atoms with Crippen LogP contribution in [0.4, 0.5) is 5.13 Å². The maximum Gasteiger partial charge on any atom is 0.350 e. The van der Waals surface area contributed by atoms with Gasteiger partial charge in [0.15, 0.2) is 5.13 Å². The fraction of sp³-hybridized carbons (Fsp3) is 0.333. The number of aromatic nitrogens is 3. The minimum atomic E-state index is -0.360. The molecule has 0 aliphatic carbocycles. The first-order valence-electron chi connectivity index (χ1n) is 5.68. The molecule has 0 bridgehead atoms. The lowest BCUT2D eigenvalue weighted by atomic mass is 10.4. The van der Waals surface area contributed by atoms with Crippen LogP contribution in [0.2, 0.25) is 0 Å². The molecule has 0 aliphatic heterocycles. The lowest BCUT2D eigenvalue weighted by Crippen LogP contribution is -2.02. The molecule has 2 heterocycles. The fourth-order valence-electron chi connectivity index (χ4n) is 1.52. The molecule has 0 saturated heterocycles. The number of anilines is 1. The van der Waals surface area contributed by atoms with E-state index in [4.69, 9.17) is 4.74 Å². The summed E-state index contributed by atoms with van der Waals surface area (Å²) in [5, 5.41) is 3.81. The van der Waals surface area contributed by atoms with Gasteiger partial charge in [0, 0.05) is 6.20 Å². The molecule has 2 aromatic heterocycles. The van der Waals surface area contributed by atoms with Crippen LogP contribution in [0.5, 0.6) is 0 Å². The number of thiazole rings is 1. The summed E-state index contributed by atoms with van der Waals surface area (Å²) < 4.78 is 4.69. The zero-order chi connectivity index (χ0) is 13.8. The van der Waals surface area contributed by atoms with Gasteiger partial charge in [0.05, 0.1) is 25.0 Å².